The van der Waals surface area contributed by atoms with Gasteiger partial charge in [-0.1, -0.05) is 29.8 Å². The monoisotopic (exact) mass is 394 g/mol. The molecule has 0 saturated carbocycles. The lowest BCUT2D eigenvalue weighted by molar-refractivity contribution is -0.0379. The Kier molecular flexibility index (Phi) is 5.36. The predicted molar refractivity (Wildman–Crippen MR) is 110 cm³/mol. The third-order valence-corrected chi connectivity index (χ3v) is 5.48. The molecule has 0 aliphatic carbocycles. The fourth-order valence-corrected chi connectivity index (χ4v) is 3.89. The van der Waals surface area contributed by atoms with E-state index in [1.165, 1.54) is 18.2 Å². The molecule has 1 atom stereocenters. The van der Waals surface area contributed by atoms with Crippen molar-refractivity contribution in [1.82, 2.24) is 19.5 Å². The molecule has 1 aliphatic heterocycles. The van der Waals surface area contributed by atoms with Gasteiger partial charge in [-0.05, 0) is 30.5 Å². The number of carbonyl (C=O) groups is 1. The van der Waals surface area contributed by atoms with Crippen molar-refractivity contribution in [2.45, 2.75) is 32.5 Å². The molecule has 0 spiro atoms. The van der Waals surface area contributed by atoms with Crippen molar-refractivity contribution in [3.05, 3.63) is 65.1 Å². The molecule has 7 heteroatoms. The van der Waals surface area contributed by atoms with Crippen LogP contribution in [0.5, 0.6) is 0 Å². The smallest absolute Gasteiger partial charge is 0.295 e. The molecule has 4 rings (SSSR count). The third-order valence-electron chi connectivity index (χ3n) is 5.48. The van der Waals surface area contributed by atoms with Gasteiger partial charge in [0.25, 0.3) is 5.91 Å². The van der Waals surface area contributed by atoms with Crippen molar-refractivity contribution in [2.75, 3.05) is 20.1 Å². The number of pyridine rings is 1. The predicted octanol–water partition coefficient (Wildman–Crippen LogP) is 2.42. The van der Waals surface area contributed by atoms with E-state index >= 15 is 0 Å². The minimum Gasteiger partial charge on any atom is -0.392 e. The molecule has 0 radical (unpaired) electrons. The molecule has 3 heterocycles. The van der Waals surface area contributed by atoms with E-state index < -0.39 is 5.91 Å². The van der Waals surface area contributed by atoms with Crippen LogP contribution in [0, 0.1) is 6.92 Å². The second-order valence-electron chi connectivity index (χ2n) is 7.86. The summed E-state index contributed by atoms with van der Waals surface area (Å²) in [6.07, 6.45) is 4.30. The molecule has 1 unspecified atom stereocenters. The molecule has 1 saturated heterocycles. The molecule has 2 aromatic heterocycles. The highest BCUT2D eigenvalue weighted by molar-refractivity contribution is 5.96. The van der Waals surface area contributed by atoms with Crippen molar-refractivity contribution in [3.63, 3.8) is 0 Å². The maximum absolute atomic E-state index is 12.2. The number of amides is 1. The number of aliphatic hydroxyl groups excluding tert-OH is 1. The third kappa shape index (κ3) is 4.17. The first-order valence-corrected chi connectivity index (χ1v) is 9.81. The maximum Gasteiger partial charge on any atom is 0.295 e. The number of likely N-dealkylation sites (tertiary alicyclic amines) is 1. The summed E-state index contributed by atoms with van der Waals surface area (Å²) in [5.74, 6) is -0.541. The zero-order valence-electron chi connectivity index (χ0n) is 16.7. The molecule has 152 valence electrons. The Morgan fingerprint density at radius 3 is 2.69 bits per heavy atom. The SMILES string of the molecule is Cc1ccc(Cn2cc(CN3CCC(O)C3)c3cc(C(=O)N(C)O)ncc32)cc1. The second-order valence-corrected chi connectivity index (χ2v) is 7.86. The summed E-state index contributed by atoms with van der Waals surface area (Å²) in [4.78, 5) is 18.7. The van der Waals surface area contributed by atoms with Gasteiger partial charge in [-0.3, -0.25) is 14.9 Å². The quantitative estimate of drug-likeness (QED) is 0.513. The standard InChI is InChI=1S/C22H26N4O3/c1-15-3-5-16(6-4-15)11-26-13-17(12-25-8-7-18(27)14-25)19-9-20(22(28)24(2)29)23-10-21(19)26/h3-6,9-10,13,18,27,29H,7-8,11-12,14H2,1-2H3. The fraction of sp³-hybridized carbons (Fsp3) is 0.364. The minimum absolute atomic E-state index is 0.207. The van der Waals surface area contributed by atoms with Gasteiger partial charge < -0.3 is 9.67 Å². The largest absolute Gasteiger partial charge is 0.392 e. The number of benzene rings is 1. The van der Waals surface area contributed by atoms with Gasteiger partial charge in [0.15, 0.2) is 0 Å². The van der Waals surface area contributed by atoms with Crippen LogP contribution in [0.15, 0.2) is 42.7 Å². The van der Waals surface area contributed by atoms with Crippen LogP contribution >= 0.6 is 0 Å². The first-order valence-electron chi connectivity index (χ1n) is 9.81. The number of hydroxylamine groups is 2. The molecule has 1 fully saturated rings. The first kappa shape index (κ1) is 19.6. The van der Waals surface area contributed by atoms with E-state index in [4.69, 9.17) is 0 Å². The average Bonchev–Trinajstić information content (AvgIpc) is 3.26. The van der Waals surface area contributed by atoms with Crippen LogP contribution in [0.3, 0.4) is 0 Å². The van der Waals surface area contributed by atoms with Crippen LogP contribution in [0.1, 0.15) is 33.6 Å². The Bertz CT molecular complexity index is 1030. The fourth-order valence-electron chi connectivity index (χ4n) is 3.89. The summed E-state index contributed by atoms with van der Waals surface area (Å²) in [6.45, 7) is 4.97. The summed E-state index contributed by atoms with van der Waals surface area (Å²) in [5.41, 5.74) is 4.64. The molecule has 1 aliphatic rings. The molecule has 1 aromatic carbocycles. The van der Waals surface area contributed by atoms with Crippen molar-refractivity contribution >= 4 is 16.8 Å². The molecule has 2 N–H and O–H groups in total. The molecular weight excluding hydrogens is 368 g/mol. The van der Waals surface area contributed by atoms with Crippen LogP contribution in [0.4, 0.5) is 0 Å². The Morgan fingerprint density at radius 2 is 2.03 bits per heavy atom. The molecule has 1 amide bonds. The lowest BCUT2D eigenvalue weighted by Gasteiger charge is -2.14. The van der Waals surface area contributed by atoms with Crippen molar-refractivity contribution < 1.29 is 15.1 Å². The van der Waals surface area contributed by atoms with Gasteiger partial charge in [-0.25, -0.2) is 10.0 Å². The van der Waals surface area contributed by atoms with Gasteiger partial charge in [0.2, 0.25) is 0 Å². The number of nitrogens with zero attached hydrogens (tertiary/aromatic N) is 4. The van der Waals surface area contributed by atoms with Crippen molar-refractivity contribution in [1.29, 1.82) is 0 Å². The summed E-state index contributed by atoms with van der Waals surface area (Å²) in [7, 11) is 1.29. The number of β-amino-alcohol motifs (C(OH)–C–C–N with tert-alkyl or cyclic N) is 1. The van der Waals surface area contributed by atoms with E-state index in [0.717, 1.165) is 29.4 Å². The summed E-state index contributed by atoms with van der Waals surface area (Å²) in [6, 6.07) is 10.2. The average molecular weight is 394 g/mol. The zero-order valence-corrected chi connectivity index (χ0v) is 16.7. The molecule has 3 aromatic rings. The van der Waals surface area contributed by atoms with Gasteiger partial charge in [0, 0.05) is 44.8 Å². The highest BCUT2D eigenvalue weighted by Gasteiger charge is 2.22. The molecule has 7 nitrogen and oxygen atoms in total. The number of aromatic nitrogens is 2. The summed E-state index contributed by atoms with van der Waals surface area (Å²) < 4.78 is 2.14. The molecule has 0 bridgehead atoms. The Labute approximate surface area is 169 Å². The van der Waals surface area contributed by atoms with Crippen molar-refractivity contribution in [3.8, 4) is 0 Å². The Morgan fingerprint density at radius 1 is 1.28 bits per heavy atom. The highest BCUT2D eigenvalue weighted by Crippen LogP contribution is 2.26. The van der Waals surface area contributed by atoms with E-state index in [1.54, 1.807) is 12.3 Å². The van der Waals surface area contributed by atoms with Crippen molar-refractivity contribution in [2.24, 2.45) is 0 Å². The maximum atomic E-state index is 12.2. The van der Waals surface area contributed by atoms with Gasteiger partial charge in [0.05, 0.1) is 17.8 Å². The van der Waals surface area contributed by atoms with Gasteiger partial charge >= 0.3 is 0 Å². The summed E-state index contributed by atoms with van der Waals surface area (Å²) in [5, 5.41) is 20.8. The van der Waals surface area contributed by atoms with Crippen LogP contribution in [0.25, 0.3) is 10.9 Å². The number of aryl methyl sites for hydroxylation is 1. The molecular formula is C22H26N4O3. The number of hydrogen-bond acceptors (Lipinski definition) is 5. The summed E-state index contributed by atoms with van der Waals surface area (Å²) >= 11 is 0. The number of fused-ring (bicyclic) bond motifs is 1. The van der Waals surface area contributed by atoms with E-state index in [2.05, 4.69) is 51.8 Å². The van der Waals surface area contributed by atoms with E-state index in [-0.39, 0.29) is 11.8 Å². The van der Waals surface area contributed by atoms with Crippen LogP contribution in [0.2, 0.25) is 0 Å². The molecule has 29 heavy (non-hydrogen) atoms. The van der Waals surface area contributed by atoms with Crippen LogP contribution in [-0.2, 0) is 13.1 Å². The Hall–Kier alpha value is -2.74. The van der Waals surface area contributed by atoms with Crippen LogP contribution < -0.4 is 0 Å². The normalized spacial score (nSPS) is 17.2. The zero-order chi connectivity index (χ0) is 20.5. The van der Waals surface area contributed by atoms with E-state index in [0.29, 0.717) is 24.7 Å². The van der Waals surface area contributed by atoms with Gasteiger partial charge in [0.1, 0.15) is 5.69 Å². The van der Waals surface area contributed by atoms with E-state index in [1.807, 2.05) is 0 Å². The number of rotatable bonds is 5. The van der Waals surface area contributed by atoms with Crippen LogP contribution in [-0.4, -0.2) is 62.0 Å². The number of aliphatic hydroxyl groups is 1. The second kappa shape index (κ2) is 7.94. The number of carbonyl (C=O) groups excluding carboxylic acids is 1. The minimum atomic E-state index is -0.541. The number of hydrogen-bond donors (Lipinski definition) is 2. The van der Waals surface area contributed by atoms with E-state index in [9.17, 15) is 15.1 Å². The highest BCUT2D eigenvalue weighted by atomic mass is 16.5. The lowest BCUT2D eigenvalue weighted by Crippen LogP contribution is -2.23. The topological polar surface area (TPSA) is 81.8 Å². The lowest BCUT2D eigenvalue weighted by atomic mass is 10.1. The first-order chi connectivity index (χ1) is 13.9. The van der Waals surface area contributed by atoms with Gasteiger partial charge in [-0.2, -0.15) is 0 Å². The Balaban J connectivity index is 1.72. The van der Waals surface area contributed by atoms with Gasteiger partial charge in [-0.15, -0.1) is 0 Å².